The van der Waals surface area contributed by atoms with E-state index in [-0.39, 0.29) is 30.4 Å². The fourth-order valence-corrected chi connectivity index (χ4v) is 4.42. The smallest absolute Gasteiger partial charge is 0.341 e. The third-order valence-corrected chi connectivity index (χ3v) is 6.34. The zero-order valence-electron chi connectivity index (χ0n) is 19.7. The Kier molecular flexibility index (Phi) is 7.12. The summed E-state index contributed by atoms with van der Waals surface area (Å²) in [5, 5.41) is 1.80. The van der Waals surface area contributed by atoms with Gasteiger partial charge in [-0.15, -0.1) is 0 Å². The first-order chi connectivity index (χ1) is 16.4. The van der Waals surface area contributed by atoms with Gasteiger partial charge in [0.1, 0.15) is 17.1 Å². The second kappa shape index (κ2) is 10.2. The topological polar surface area (TPSA) is 59.1 Å². The number of halogens is 1. The number of rotatable bonds is 6. The van der Waals surface area contributed by atoms with Crippen LogP contribution in [0.25, 0.3) is 10.8 Å². The van der Waals surface area contributed by atoms with Gasteiger partial charge in [0.25, 0.3) is 5.91 Å². The first-order valence-electron chi connectivity index (χ1n) is 11.4. The number of fused-ring (bicyclic) bond motifs is 1. The number of piperazine rings is 1. The summed E-state index contributed by atoms with van der Waals surface area (Å²) in [7, 11) is 1.32. The lowest BCUT2D eigenvalue weighted by molar-refractivity contribution is -0.139. The number of carbonyl (C=O) groups is 2. The lowest BCUT2D eigenvalue weighted by Crippen LogP contribution is -2.58. The van der Waals surface area contributed by atoms with Gasteiger partial charge >= 0.3 is 5.97 Å². The largest absolute Gasteiger partial charge is 0.483 e. The number of esters is 1. The molecule has 1 aliphatic rings. The van der Waals surface area contributed by atoms with Crippen molar-refractivity contribution in [1.29, 1.82) is 0 Å². The van der Waals surface area contributed by atoms with Gasteiger partial charge in [-0.05, 0) is 54.4 Å². The molecule has 7 heteroatoms. The molecule has 3 aromatic rings. The molecule has 3 aromatic carbocycles. The molecule has 0 radical (unpaired) electrons. The summed E-state index contributed by atoms with van der Waals surface area (Å²) in [6.07, 6.45) is 0. The van der Waals surface area contributed by atoms with Gasteiger partial charge in [-0.2, -0.15) is 0 Å². The van der Waals surface area contributed by atoms with E-state index in [4.69, 9.17) is 9.47 Å². The molecule has 0 aromatic heterocycles. The predicted molar refractivity (Wildman–Crippen MR) is 128 cm³/mol. The summed E-state index contributed by atoms with van der Waals surface area (Å²) in [5.41, 5.74) is 1.33. The molecule has 1 aliphatic heterocycles. The van der Waals surface area contributed by atoms with Crippen molar-refractivity contribution in [1.82, 2.24) is 9.80 Å². The minimum atomic E-state index is -0.510. The standard InChI is InChI=1S/C27H29FN2O4/c1-18-15-30(19(2)14-29(18)16-20-8-10-23(28)11-9-20)26(31)17-34-25-13-22-7-5-4-6-21(22)12-24(25)27(32)33-3/h4-13,18-19H,14-17H2,1-3H3/t18-,19+/m0/s1. The number of hydrogen-bond donors (Lipinski definition) is 0. The maximum Gasteiger partial charge on any atom is 0.341 e. The van der Waals surface area contributed by atoms with Gasteiger partial charge in [0.2, 0.25) is 0 Å². The van der Waals surface area contributed by atoms with E-state index in [1.165, 1.54) is 19.2 Å². The lowest BCUT2D eigenvalue weighted by Gasteiger charge is -2.44. The van der Waals surface area contributed by atoms with Crippen molar-refractivity contribution in [2.75, 3.05) is 26.8 Å². The van der Waals surface area contributed by atoms with Crippen LogP contribution in [0, 0.1) is 5.82 Å². The maximum absolute atomic E-state index is 13.2. The normalized spacial score (nSPS) is 18.6. The lowest BCUT2D eigenvalue weighted by atomic mass is 10.1. The fourth-order valence-electron chi connectivity index (χ4n) is 4.42. The summed E-state index contributed by atoms with van der Waals surface area (Å²) in [5.74, 6) is -0.564. The molecule has 6 nitrogen and oxygen atoms in total. The van der Waals surface area contributed by atoms with E-state index in [0.717, 1.165) is 16.3 Å². The zero-order valence-corrected chi connectivity index (χ0v) is 19.7. The molecule has 0 N–H and O–H groups in total. The van der Waals surface area contributed by atoms with Crippen LogP contribution in [0.4, 0.5) is 4.39 Å². The number of amides is 1. The van der Waals surface area contributed by atoms with Crippen molar-refractivity contribution in [2.24, 2.45) is 0 Å². The van der Waals surface area contributed by atoms with Crippen molar-refractivity contribution in [2.45, 2.75) is 32.5 Å². The average molecular weight is 465 g/mol. The Morgan fingerprint density at radius 2 is 1.65 bits per heavy atom. The van der Waals surface area contributed by atoms with Crippen LogP contribution in [-0.2, 0) is 16.1 Å². The maximum atomic E-state index is 13.2. The Hall–Kier alpha value is -3.45. The van der Waals surface area contributed by atoms with Crippen LogP contribution in [0.15, 0.2) is 60.7 Å². The van der Waals surface area contributed by atoms with Crippen LogP contribution in [0.5, 0.6) is 5.75 Å². The summed E-state index contributed by atoms with van der Waals surface area (Å²) in [6, 6.07) is 17.8. The van der Waals surface area contributed by atoms with E-state index in [2.05, 4.69) is 11.8 Å². The van der Waals surface area contributed by atoms with E-state index in [1.54, 1.807) is 24.3 Å². The highest BCUT2D eigenvalue weighted by Gasteiger charge is 2.32. The van der Waals surface area contributed by atoms with Crippen LogP contribution in [0.2, 0.25) is 0 Å². The molecule has 4 rings (SSSR count). The van der Waals surface area contributed by atoms with Crippen molar-refractivity contribution < 1.29 is 23.5 Å². The Labute approximate surface area is 198 Å². The quantitative estimate of drug-likeness (QED) is 0.510. The van der Waals surface area contributed by atoms with E-state index in [0.29, 0.717) is 30.9 Å². The van der Waals surface area contributed by atoms with Crippen LogP contribution in [-0.4, -0.2) is 60.6 Å². The Bertz CT molecular complexity index is 1180. The highest BCUT2D eigenvalue weighted by Crippen LogP contribution is 2.27. The third-order valence-electron chi connectivity index (χ3n) is 6.34. The van der Waals surface area contributed by atoms with Crippen LogP contribution < -0.4 is 4.74 Å². The zero-order chi connectivity index (χ0) is 24.2. The van der Waals surface area contributed by atoms with Gasteiger partial charge in [0.15, 0.2) is 6.61 Å². The number of carbonyl (C=O) groups excluding carboxylic acids is 2. The molecule has 34 heavy (non-hydrogen) atoms. The monoisotopic (exact) mass is 464 g/mol. The molecule has 0 bridgehead atoms. The minimum absolute atomic E-state index is 0.00979. The Morgan fingerprint density at radius 3 is 2.32 bits per heavy atom. The van der Waals surface area contributed by atoms with Crippen molar-refractivity contribution in [3.63, 3.8) is 0 Å². The van der Waals surface area contributed by atoms with Crippen molar-refractivity contribution >= 4 is 22.6 Å². The van der Waals surface area contributed by atoms with Gasteiger partial charge < -0.3 is 14.4 Å². The number of methoxy groups -OCH3 is 1. The SMILES string of the molecule is COC(=O)c1cc2ccccc2cc1OCC(=O)N1C[C@H](C)N(Cc2ccc(F)cc2)C[C@H]1C. The summed E-state index contributed by atoms with van der Waals surface area (Å²) in [4.78, 5) is 29.5. The second-order valence-electron chi connectivity index (χ2n) is 8.78. The molecule has 2 atom stereocenters. The number of benzene rings is 3. The molecule has 1 fully saturated rings. The van der Waals surface area contributed by atoms with Gasteiger partial charge in [-0.25, -0.2) is 9.18 Å². The Balaban J connectivity index is 1.43. The fraction of sp³-hybridized carbons (Fsp3) is 0.333. The highest BCUT2D eigenvalue weighted by atomic mass is 19.1. The molecule has 178 valence electrons. The van der Waals surface area contributed by atoms with E-state index >= 15 is 0 Å². The van der Waals surface area contributed by atoms with Crippen LogP contribution in [0.3, 0.4) is 0 Å². The number of ether oxygens (including phenoxy) is 2. The van der Waals surface area contributed by atoms with Crippen molar-refractivity contribution in [3.05, 3.63) is 77.6 Å². The third kappa shape index (κ3) is 5.20. The average Bonchev–Trinajstić information content (AvgIpc) is 2.84. The first kappa shape index (κ1) is 23.7. The van der Waals surface area contributed by atoms with Crippen LogP contribution in [0.1, 0.15) is 29.8 Å². The molecule has 0 spiro atoms. The van der Waals surface area contributed by atoms with Gasteiger partial charge in [0.05, 0.1) is 7.11 Å². The van der Waals surface area contributed by atoms with E-state index in [1.807, 2.05) is 36.1 Å². The Morgan fingerprint density at radius 1 is 0.971 bits per heavy atom. The molecule has 1 amide bonds. The van der Waals surface area contributed by atoms with E-state index in [9.17, 15) is 14.0 Å². The van der Waals surface area contributed by atoms with Gasteiger partial charge in [0, 0.05) is 31.7 Å². The molecule has 0 saturated carbocycles. The first-order valence-corrected chi connectivity index (χ1v) is 11.4. The van der Waals surface area contributed by atoms with E-state index < -0.39 is 5.97 Å². The molecule has 0 aliphatic carbocycles. The van der Waals surface area contributed by atoms with Crippen molar-refractivity contribution in [3.8, 4) is 5.75 Å². The summed E-state index contributed by atoms with van der Waals surface area (Å²) in [6.45, 7) is 5.88. The summed E-state index contributed by atoms with van der Waals surface area (Å²) < 4.78 is 24.0. The summed E-state index contributed by atoms with van der Waals surface area (Å²) >= 11 is 0. The molecular formula is C27H29FN2O4. The molecule has 0 unspecified atom stereocenters. The van der Waals surface area contributed by atoms with Crippen LogP contribution >= 0.6 is 0 Å². The molecule has 1 saturated heterocycles. The second-order valence-corrected chi connectivity index (χ2v) is 8.78. The van der Waals surface area contributed by atoms with Gasteiger partial charge in [-0.3, -0.25) is 9.69 Å². The minimum Gasteiger partial charge on any atom is -0.483 e. The molecule has 1 heterocycles. The number of hydrogen-bond acceptors (Lipinski definition) is 5. The highest BCUT2D eigenvalue weighted by molar-refractivity contribution is 5.98. The predicted octanol–water partition coefficient (Wildman–Crippen LogP) is 4.27. The number of nitrogens with zero attached hydrogens (tertiary/aromatic N) is 2. The van der Waals surface area contributed by atoms with Gasteiger partial charge in [-0.1, -0.05) is 36.4 Å². The molecular weight excluding hydrogens is 435 g/mol.